The summed E-state index contributed by atoms with van der Waals surface area (Å²) in [5.41, 5.74) is -2.90. The highest BCUT2D eigenvalue weighted by molar-refractivity contribution is 7.89. The van der Waals surface area contributed by atoms with Crippen LogP contribution >= 0.6 is 0 Å². The Labute approximate surface area is 124 Å². The van der Waals surface area contributed by atoms with Crippen molar-refractivity contribution in [3.63, 3.8) is 0 Å². The summed E-state index contributed by atoms with van der Waals surface area (Å²) in [6.07, 6.45) is -4.91. The van der Waals surface area contributed by atoms with Gasteiger partial charge in [-0.2, -0.15) is 22.7 Å². The largest absolute Gasteiger partial charge is 0.495 e. The average Bonchev–Trinajstić information content (AvgIpc) is 2.41. The molecule has 1 saturated heterocycles. The van der Waals surface area contributed by atoms with Gasteiger partial charge in [0.15, 0.2) is 5.60 Å². The second-order valence-corrected chi connectivity index (χ2v) is 6.69. The Bertz CT molecular complexity index is 734. The van der Waals surface area contributed by atoms with Gasteiger partial charge in [-0.15, -0.1) is 0 Å². The van der Waals surface area contributed by atoms with Crippen molar-refractivity contribution in [2.75, 3.05) is 20.2 Å². The van der Waals surface area contributed by atoms with Crippen LogP contribution in [-0.2, 0) is 10.0 Å². The fourth-order valence-electron chi connectivity index (χ4n) is 1.98. The van der Waals surface area contributed by atoms with Crippen LogP contribution in [-0.4, -0.2) is 49.8 Å². The fourth-order valence-corrected chi connectivity index (χ4v) is 3.66. The van der Waals surface area contributed by atoms with Gasteiger partial charge in [0.05, 0.1) is 31.8 Å². The lowest BCUT2D eigenvalue weighted by molar-refractivity contribution is -0.290. The van der Waals surface area contributed by atoms with Gasteiger partial charge < -0.3 is 9.84 Å². The molecule has 22 heavy (non-hydrogen) atoms. The van der Waals surface area contributed by atoms with Crippen LogP contribution in [0, 0.1) is 11.3 Å². The highest BCUT2D eigenvalue weighted by atomic mass is 32.2. The van der Waals surface area contributed by atoms with Crippen molar-refractivity contribution in [1.82, 2.24) is 4.31 Å². The summed E-state index contributed by atoms with van der Waals surface area (Å²) in [6, 6.07) is 5.26. The van der Waals surface area contributed by atoms with Crippen molar-refractivity contribution < 1.29 is 31.4 Å². The molecule has 0 amide bonds. The number of aliphatic hydroxyl groups is 1. The molecule has 1 aliphatic heterocycles. The predicted molar refractivity (Wildman–Crippen MR) is 67.5 cm³/mol. The predicted octanol–water partition coefficient (Wildman–Crippen LogP) is 0.865. The van der Waals surface area contributed by atoms with Crippen LogP contribution in [0.1, 0.15) is 5.56 Å². The first kappa shape index (κ1) is 16.5. The molecule has 1 N–H and O–H groups in total. The monoisotopic (exact) mass is 336 g/mol. The van der Waals surface area contributed by atoms with Gasteiger partial charge >= 0.3 is 6.18 Å². The first-order valence-corrected chi connectivity index (χ1v) is 7.36. The van der Waals surface area contributed by atoms with Gasteiger partial charge in [-0.25, -0.2) is 8.42 Å². The SMILES string of the molecule is COc1cc(C#N)ccc1S(=O)(=O)N1CC(O)(C(F)(F)F)C1. The Balaban J connectivity index is 2.33. The van der Waals surface area contributed by atoms with E-state index in [2.05, 4.69) is 0 Å². The second-order valence-electron chi connectivity index (χ2n) is 4.78. The number of β-amino-alcohol motifs (C(OH)–C–C–N with tert-alkyl or cyclic N) is 1. The van der Waals surface area contributed by atoms with E-state index >= 15 is 0 Å². The minimum absolute atomic E-state index is 0.145. The van der Waals surface area contributed by atoms with Gasteiger partial charge in [-0.1, -0.05) is 0 Å². The van der Waals surface area contributed by atoms with Crippen molar-refractivity contribution in [3.8, 4) is 11.8 Å². The quantitative estimate of drug-likeness (QED) is 0.884. The van der Waals surface area contributed by atoms with E-state index in [4.69, 9.17) is 10.00 Å². The second kappa shape index (κ2) is 5.12. The van der Waals surface area contributed by atoms with Gasteiger partial charge in [0.25, 0.3) is 0 Å². The standard InChI is InChI=1S/C12H11F3N2O4S/c1-21-9-4-8(5-16)2-3-10(9)22(19,20)17-6-11(18,7-17)12(13,14)15/h2-4,18H,6-7H2,1H3. The minimum Gasteiger partial charge on any atom is -0.495 e. The van der Waals surface area contributed by atoms with Crippen LogP contribution in [0.15, 0.2) is 23.1 Å². The number of methoxy groups -OCH3 is 1. The van der Waals surface area contributed by atoms with Crippen molar-refractivity contribution in [3.05, 3.63) is 23.8 Å². The Morgan fingerprint density at radius 1 is 1.41 bits per heavy atom. The fraction of sp³-hybridized carbons (Fsp3) is 0.417. The third-order valence-corrected chi connectivity index (χ3v) is 5.15. The van der Waals surface area contributed by atoms with Crippen LogP contribution in [0.2, 0.25) is 0 Å². The Hall–Kier alpha value is -1.83. The topological polar surface area (TPSA) is 90.6 Å². The molecule has 0 spiro atoms. The van der Waals surface area contributed by atoms with Gasteiger partial charge in [0.2, 0.25) is 10.0 Å². The first-order chi connectivity index (χ1) is 10.0. The summed E-state index contributed by atoms with van der Waals surface area (Å²) in [4.78, 5) is -0.363. The highest BCUT2D eigenvalue weighted by Crippen LogP contribution is 2.41. The number of alkyl halides is 3. The third kappa shape index (κ3) is 2.51. The smallest absolute Gasteiger partial charge is 0.419 e. The molecular formula is C12H11F3N2O4S. The number of sulfonamides is 1. The average molecular weight is 336 g/mol. The van der Waals surface area contributed by atoms with E-state index in [0.29, 0.717) is 4.31 Å². The van der Waals surface area contributed by atoms with Crippen molar-refractivity contribution in [2.24, 2.45) is 0 Å². The zero-order valence-electron chi connectivity index (χ0n) is 11.3. The number of hydrogen-bond acceptors (Lipinski definition) is 5. The zero-order valence-corrected chi connectivity index (χ0v) is 12.1. The molecule has 6 nitrogen and oxygen atoms in total. The molecule has 0 aromatic heterocycles. The number of nitriles is 1. The third-order valence-electron chi connectivity index (χ3n) is 3.31. The number of halogens is 3. The van der Waals surface area contributed by atoms with Crippen LogP contribution in [0.4, 0.5) is 13.2 Å². The van der Waals surface area contributed by atoms with Crippen molar-refractivity contribution in [1.29, 1.82) is 5.26 Å². The van der Waals surface area contributed by atoms with E-state index in [-0.39, 0.29) is 16.2 Å². The molecule has 0 bridgehead atoms. The molecule has 10 heteroatoms. The molecule has 0 aliphatic carbocycles. The number of rotatable bonds is 3. The normalized spacial score (nSPS) is 18.4. The van der Waals surface area contributed by atoms with E-state index in [0.717, 1.165) is 6.07 Å². The van der Waals surface area contributed by atoms with Crippen LogP contribution in [0.25, 0.3) is 0 Å². The van der Waals surface area contributed by atoms with Crippen molar-refractivity contribution in [2.45, 2.75) is 16.7 Å². The lowest BCUT2D eigenvalue weighted by atomic mass is 9.97. The Morgan fingerprint density at radius 3 is 2.45 bits per heavy atom. The van der Waals surface area contributed by atoms with E-state index in [1.807, 2.05) is 0 Å². The summed E-state index contributed by atoms with van der Waals surface area (Å²) in [5, 5.41) is 18.1. The number of hydrogen-bond donors (Lipinski definition) is 1. The molecule has 0 unspecified atom stereocenters. The van der Waals surface area contributed by atoms with Gasteiger partial charge in [0.1, 0.15) is 10.6 Å². The number of benzene rings is 1. The molecule has 120 valence electrons. The van der Waals surface area contributed by atoms with E-state index in [1.54, 1.807) is 6.07 Å². The molecule has 1 aliphatic rings. The summed E-state index contributed by atoms with van der Waals surface area (Å²) >= 11 is 0. The molecule has 2 rings (SSSR count). The Kier molecular flexibility index (Phi) is 3.85. The lowest BCUT2D eigenvalue weighted by Crippen LogP contribution is -2.70. The maximum absolute atomic E-state index is 12.6. The molecular weight excluding hydrogens is 325 g/mol. The molecule has 1 fully saturated rings. The first-order valence-electron chi connectivity index (χ1n) is 5.92. The maximum atomic E-state index is 12.6. The van der Waals surface area contributed by atoms with Crippen LogP contribution < -0.4 is 4.74 Å². The van der Waals surface area contributed by atoms with E-state index < -0.39 is 34.9 Å². The van der Waals surface area contributed by atoms with Crippen LogP contribution in [0.5, 0.6) is 5.75 Å². The van der Waals surface area contributed by atoms with Gasteiger partial charge in [0, 0.05) is 0 Å². The Morgan fingerprint density at radius 2 is 2.00 bits per heavy atom. The molecule has 0 saturated carbocycles. The van der Waals surface area contributed by atoms with Gasteiger partial charge in [-0.05, 0) is 18.2 Å². The zero-order chi connectivity index (χ0) is 16.8. The number of ether oxygens (including phenoxy) is 1. The summed E-state index contributed by atoms with van der Waals surface area (Å²) in [7, 11) is -3.08. The van der Waals surface area contributed by atoms with Crippen molar-refractivity contribution >= 4 is 10.0 Å². The molecule has 1 aromatic carbocycles. The lowest BCUT2D eigenvalue weighted by Gasteiger charge is -2.45. The molecule has 1 aromatic rings. The molecule has 0 radical (unpaired) electrons. The summed E-state index contributed by atoms with van der Waals surface area (Å²) < 4.78 is 67.6. The minimum atomic E-state index is -4.91. The number of nitrogens with zero attached hydrogens (tertiary/aromatic N) is 2. The molecule has 0 atom stereocenters. The van der Waals surface area contributed by atoms with Gasteiger partial charge in [-0.3, -0.25) is 0 Å². The van der Waals surface area contributed by atoms with Crippen LogP contribution in [0.3, 0.4) is 0 Å². The molecule has 1 heterocycles. The summed E-state index contributed by atoms with van der Waals surface area (Å²) in [6.45, 7) is -2.16. The van der Waals surface area contributed by atoms with E-state index in [9.17, 15) is 26.7 Å². The highest BCUT2D eigenvalue weighted by Gasteiger charge is 2.63. The summed E-state index contributed by atoms with van der Waals surface area (Å²) in [5.74, 6) is -0.151. The maximum Gasteiger partial charge on any atom is 0.419 e. The van der Waals surface area contributed by atoms with E-state index in [1.165, 1.54) is 19.2 Å².